The molecule has 142 valence electrons. The van der Waals surface area contributed by atoms with Gasteiger partial charge in [0.25, 0.3) is 0 Å². The number of halogens is 1. The molecule has 1 atom stereocenters. The van der Waals surface area contributed by atoms with Crippen LogP contribution in [0.15, 0.2) is 29.5 Å². The first-order chi connectivity index (χ1) is 12.2. The van der Waals surface area contributed by atoms with Gasteiger partial charge in [0, 0.05) is 50.9 Å². The number of aliphatic imine (C=N–C) groups is 1. The summed E-state index contributed by atoms with van der Waals surface area (Å²) in [6.45, 7) is 6.23. The predicted octanol–water partition coefficient (Wildman–Crippen LogP) is 1.64. The number of imidazole rings is 1. The maximum absolute atomic E-state index is 11.3. The predicted molar refractivity (Wildman–Crippen MR) is 114 cm³/mol. The third-order valence-corrected chi connectivity index (χ3v) is 4.32. The zero-order valence-electron chi connectivity index (χ0n) is 15.3. The fraction of sp³-hybridized carbons (Fsp3) is 0.500. The number of nitrogens with zero attached hydrogens (tertiary/aromatic N) is 3. The zero-order valence-corrected chi connectivity index (χ0v) is 17.6. The number of pyridine rings is 1. The van der Waals surface area contributed by atoms with Crippen molar-refractivity contribution in [3.05, 3.63) is 35.8 Å². The van der Waals surface area contributed by atoms with Crippen molar-refractivity contribution in [2.45, 2.75) is 39.2 Å². The van der Waals surface area contributed by atoms with Gasteiger partial charge >= 0.3 is 0 Å². The first-order valence-electron chi connectivity index (χ1n) is 8.90. The molecule has 0 radical (unpaired) electrons. The van der Waals surface area contributed by atoms with Crippen LogP contribution in [0.3, 0.4) is 0 Å². The smallest absolute Gasteiger partial charge is 0.220 e. The van der Waals surface area contributed by atoms with E-state index >= 15 is 0 Å². The lowest BCUT2D eigenvalue weighted by Crippen LogP contribution is -2.51. The highest BCUT2D eigenvalue weighted by Gasteiger charge is 2.18. The number of guanidine groups is 1. The van der Waals surface area contributed by atoms with E-state index in [1.807, 2.05) is 19.2 Å². The van der Waals surface area contributed by atoms with Crippen molar-refractivity contribution in [1.29, 1.82) is 0 Å². The molecule has 3 heterocycles. The molecule has 0 spiro atoms. The van der Waals surface area contributed by atoms with Gasteiger partial charge in [-0.15, -0.1) is 24.0 Å². The van der Waals surface area contributed by atoms with Gasteiger partial charge in [0.2, 0.25) is 5.91 Å². The standard InChI is InChI=1S/C18H26N6O.HI/c1-3-19-18(23-14-6-7-16(25)21-11-14)20-9-8-15-12-24-10-4-5-13(2)17(24)22-15;/h4-5,10,12,14H,3,6-9,11H2,1-2H3,(H,21,25)(H2,19,20,23);1H. The van der Waals surface area contributed by atoms with Crippen molar-refractivity contribution in [1.82, 2.24) is 25.3 Å². The summed E-state index contributed by atoms with van der Waals surface area (Å²) in [5, 5.41) is 9.55. The summed E-state index contributed by atoms with van der Waals surface area (Å²) >= 11 is 0. The van der Waals surface area contributed by atoms with Gasteiger partial charge in [0.05, 0.1) is 5.69 Å². The molecule has 3 rings (SSSR count). The number of amides is 1. The van der Waals surface area contributed by atoms with Gasteiger partial charge in [-0.25, -0.2) is 4.98 Å². The lowest BCUT2D eigenvalue weighted by molar-refractivity contribution is -0.122. The van der Waals surface area contributed by atoms with Crippen LogP contribution in [-0.2, 0) is 11.2 Å². The molecular formula is C18H27IN6O. The van der Waals surface area contributed by atoms with Crippen LogP contribution >= 0.6 is 24.0 Å². The van der Waals surface area contributed by atoms with Crippen molar-refractivity contribution >= 4 is 41.5 Å². The van der Waals surface area contributed by atoms with Crippen LogP contribution in [0.5, 0.6) is 0 Å². The SMILES string of the molecule is CCNC(=NCCc1cn2cccc(C)c2n1)NC1CCC(=O)NC1.I. The van der Waals surface area contributed by atoms with Crippen LogP contribution in [0.4, 0.5) is 0 Å². The molecular weight excluding hydrogens is 443 g/mol. The summed E-state index contributed by atoms with van der Waals surface area (Å²) < 4.78 is 2.06. The summed E-state index contributed by atoms with van der Waals surface area (Å²) in [5.74, 6) is 0.922. The molecule has 1 aliphatic heterocycles. The minimum absolute atomic E-state index is 0. The molecule has 2 aromatic heterocycles. The van der Waals surface area contributed by atoms with E-state index in [1.54, 1.807) is 0 Å². The van der Waals surface area contributed by atoms with Crippen LogP contribution in [-0.4, -0.2) is 46.9 Å². The normalized spacial score (nSPS) is 17.5. The average molecular weight is 470 g/mol. The van der Waals surface area contributed by atoms with Crippen molar-refractivity contribution in [3.8, 4) is 0 Å². The van der Waals surface area contributed by atoms with E-state index in [9.17, 15) is 4.79 Å². The third kappa shape index (κ3) is 5.33. The van der Waals surface area contributed by atoms with Crippen LogP contribution in [0.2, 0.25) is 0 Å². The molecule has 3 N–H and O–H groups in total. The van der Waals surface area contributed by atoms with E-state index in [4.69, 9.17) is 0 Å². The van der Waals surface area contributed by atoms with Crippen molar-refractivity contribution < 1.29 is 4.79 Å². The lowest BCUT2D eigenvalue weighted by atomic mass is 10.1. The van der Waals surface area contributed by atoms with Gasteiger partial charge in [-0.3, -0.25) is 9.79 Å². The number of aryl methyl sites for hydroxylation is 1. The summed E-state index contributed by atoms with van der Waals surface area (Å²) in [5.41, 5.74) is 3.22. The summed E-state index contributed by atoms with van der Waals surface area (Å²) in [4.78, 5) is 20.6. The Kier molecular flexibility index (Phi) is 7.67. The van der Waals surface area contributed by atoms with E-state index in [-0.39, 0.29) is 35.9 Å². The Balaban J connectivity index is 0.00000243. The second kappa shape index (κ2) is 9.75. The van der Waals surface area contributed by atoms with Gasteiger partial charge in [0.15, 0.2) is 5.96 Å². The summed E-state index contributed by atoms with van der Waals surface area (Å²) in [6, 6.07) is 4.33. The monoisotopic (exact) mass is 470 g/mol. The molecule has 0 aromatic carbocycles. The van der Waals surface area contributed by atoms with E-state index in [0.717, 1.165) is 36.7 Å². The summed E-state index contributed by atoms with van der Waals surface area (Å²) in [7, 11) is 0. The number of piperidine rings is 1. The number of rotatable bonds is 5. The Morgan fingerprint density at radius 3 is 3.04 bits per heavy atom. The molecule has 8 heteroatoms. The number of fused-ring (bicyclic) bond motifs is 1. The second-order valence-electron chi connectivity index (χ2n) is 6.35. The Bertz CT molecular complexity index is 762. The highest BCUT2D eigenvalue weighted by molar-refractivity contribution is 14.0. The molecule has 2 aromatic rings. The molecule has 1 saturated heterocycles. The molecule has 1 fully saturated rings. The molecule has 0 saturated carbocycles. The van der Waals surface area contributed by atoms with Crippen molar-refractivity contribution in [2.24, 2.45) is 4.99 Å². The quantitative estimate of drug-likeness (QED) is 0.353. The number of aromatic nitrogens is 2. The zero-order chi connectivity index (χ0) is 17.6. The van der Waals surface area contributed by atoms with E-state index in [0.29, 0.717) is 19.5 Å². The number of hydrogen-bond donors (Lipinski definition) is 3. The average Bonchev–Trinajstić information content (AvgIpc) is 3.01. The van der Waals surface area contributed by atoms with Gasteiger partial charge in [0.1, 0.15) is 5.65 Å². The van der Waals surface area contributed by atoms with E-state index < -0.39 is 0 Å². The van der Waals surface area contributed by atoms with Crippen LogP contribution < -0.4 is 16.0 Å². The molecule has 0 bridgehead atoms. The van der Waals surface area contributed by atoms with Gasteiger partial charge in [-0.2, -0.15) is 0 Å². The van der Waals surface area contributed by atoms with Crippen LogP contribution in [0.1, 0.15) is 31.0 Å². The number of hydrogen-bond acceptors (Lipinski definition) is 3. The maximum atomic E-state index is 11.3. The first-order valence-corrected chi connectivity index (χ1v) is 8.90. The van der Waals surface area contributed by atoms with Crippen LogP contribution in [0.25, 0.3) is 5.65 Å². The molecule has 0 aliphatic carbocycles. The number of nitrogens with one attached hydrogen (secondary N) is 3. The third-order valence-electron chi connectivity index (χ3n) is 4.32. The van der Waals surface area contributed by atoms with Crippen molar-refractivity contribution in [2.75, 3.05) is 19.6 Å². The molecule has 26 heavy (non-hydrogen) atoms. The Labute approximate surface area is 171 Å². The Morgan fingerprint density at radius 1 is 1.50 bits per heavy atom. The van der Waals surface area contributed by atoms with Crippen LogP contribution in [0, 0.1) is 6.92 Å². The van der Waals surface area contributed by atoms with E-state index in [1.165, 1.54) is 5.56 Å². The molecule has 7 nitrogen and oxygen atoms in total. The van der Waals surface area contributed by atoms with Gasteiger partial charge in [-0.05, 0) is 31.9 Å². The molecule has 1 unspecified atom stereocenters. The molecule has 1 amide bonds. The largest absolute Gasteiger partial charge is 0.357 e. The highest BCUT2D eigenvalue weighted by Crippen LogP contribution is 2.10. The Hall–Kier alpha value is -1.84. The minimum atomic E-state index is 0. The van der Waals surface area contributed by atoms with Crippen molar-refractivity contribution in [3.63, 3.8) is 0 Å². The fourth-order valence-corrected chi connectivity index (χ4v) is 2.98. The van der Waals surface area contributed by atoms with Gasteiger partial charge in [-0.1, -0.05) is 6.07 Å². The highest BCUT2D eigenvalue weighted by atomic mass is 127. The van der Waals surface area contributed by atoms with E-state index in [2.05, 4.69) is 49.5 Å². The lowest BCUT2D eigenvalue weighted by Gasteiger charge is -2.25. The Morgan fingerprint density at radius 2 is 2.35 bits per heavy atom. The fourth-order valence-electron chi connectivity index (χ4n) is 2.98. The molecule has 1 aliphatic rings. The first kappa shape index (κ1) is 20.5. The maximum Gasteiger partial charge on any atom is 0.220 e. The summed E-state index contributed by atoms with van der Waals surface area (Å²) in [6.07, 6.45) is 6.28. The topological polar surface area (TPSA) is 82.8 Å². The number of carbonyl (C=O) groups is 1. The number of carbonyl (C=O) groups excluding carboxylic acids is 1. The minimum Gasteiger partial charge on any atom is -0.357 e. The second-order valence-corrected chi connectivity index (χ2v) is 6.35. The van der Waals surface area contributed by atoms with Gasteiger partial charge < -0.3 is 20.4 Å².